The Balaban J connectivity index is 1.83. The molecule has 2 amide bonds. The molecule has 0 saturated heterocycles. The van der Waals surface area contributed by atoms with Crippen molar-refractivity contribution in [3.63, 3.8) is 0 Å². The second-order valence-electron chi connectivity index (χ2n) is 9.15. The van der Waals surface area contributed by atoms with Crippen LogP contribution < -0.4 is 10.6 Å². The highest BCUT2D eigenvalue weighted by Crippen LogP contribution is 2.37. The molecule has 0 unspecified atom stereocenters. The van der Waals surface area contributed by atoms with E-state index in [1.807, 2.05) is 37.3 Å². The van der Waals surface area contributed by atoms with Crippen LogP contribution in [0.4, 0.5) is 5.69 Å². The van der Waals surface area contributed by atoms with E-state index in [2.05, 4.69) is 36.4 Å². The van der Waals surface area contributed by atoms with Gasteiger partial charge in [-0.25, -0.2) is 0 Å². The van der Waals surface area contributed by atoms with E-state index in [4.69, 9.17) is 0 Å². The summed E-state index contributed by atoms with van der Waals surface area (Å²) in [7, 11) is 0. The van der Waals surface area contributed by atoms with Crippen LogP contribution in [0.5, 0.6) is 0 Å². The van der Waals surface area contributed by atoms with Gasteiger partial charge in [-0.1, -0.05) is 58.7 Å². The fraction of sp³-hybridized carbons (Fsp3) is 0.480. The van der Waals surface area contributed by atoms with Crippen LogP contribution in [-0.4, -0.2) is 28.6 Å². The molecule has 1 aromatic carbocycles. The Morgan fingerprint density at radius 3 is 2.48 bits per heavy atom. The lowest BCUT2D eigenvalue weighted by molar-refractivity contribution is -0.118. The zero-order valence-electron chi connectivity index (χ0n) is 18.9. The number of H-pyrrole nitrogens is 1. The number of nitrogens with one attached hydrogen (secondary N) is 3. The minimum absolute atomic E-state index is 0.0859. The predicted molar refractivity (Wildman–Crippen MR) is 122 cm³/mol. The van der Waals surface area contributed by atoms with Crippen molar-refractivity contribution in [1.82, 2.24) is 10.3 Å². The van der Waals surface area contributed by atoms with Crippen LogP contribution in [-0.2, 0) is 17.6 Å². The van der Waals surface area contributed by atoms with Crippen LogP contribution >= 0.6 is 0 Å². The van der Waals surface area contributed by atoms with E-state index >= 15 is 0 Å². The van der Waals surface area contributed by atoms with Crippen LogP contribution in [0.3, 0.4) is 0 Å². The van der Waals surface area contributed by atoms with E-state index in [1.165, 1.54) is 0 Å². The Labute approximate surface area is 184 Å². The minimum Gasteiger partial charge on any atom is -0.354 e. The molecule has 0 fully saturated rings. The monoisotopic (exact) mass is 423 g/mol. The average Bonchev–Trinajstić information content (AvgIpc) is 3.09. The molecule has 0 spiro atoms. The van der Waals surface area contributed by atoms with Crippen molar-refractivity contribution in [2.75, 3.05) is 5.32 Å². The lowest BCUT2D eigenvalue weighted by Crippen LogP contribution is -2.44. The second kappa shape index (κ2) is 9.50. The lowest BCUT2D eigenvalue weighted by atomic mass is 9.75. The molecule has 1 aliphatic rings. The summed E-state index contributed by atoms with van der Waals surface area (Å²) in [6.07, 6.45) is 4.07. The summed E-state index contributed by atoms with van der Waals surface area (Å²) in [6.45, 7) is 8.13. The van der Waals surface area contributed by atoms with Gasteiger partial charge in [0, 0.05) is 23.4 Å². The highest BCUT2D eigenvalue weighted by Gasteiger charge is 2.36. The molecule has 31 heavy (non-hydrogen) atoms. The minimum atomic E-state index is -0.648. The van der Waals surface area contributed by atoms with Crippen molar-refractivity contribution < 1.29 is 14.4 Å². The Bertz CT molecular complexity index is 960. The molecule has 6 heteroatoms. The number of aromatic nitrogens is 1. The molecule has 0 aliphatic heterocycles. The van der Waals surface area contributed by atoms with Crippen molar-refractivity contribution >= 4 is 23.3 Å². The van der Waals surface area contributed by atoms with Gasteiger partial charge in [-0.2, -0.15) is 0 Å². The number of carbonyl (C=O) groups is 3. The number of aromatic amines is 1. The van der Waals surface area contributed by atoms with Crippen LogP contribution in [0.2, 0.25) is 0 Å². The molecule has 0 radical (unpaired) electrons. The van der Waals surface area contributed by atoms with Crippen LogP contribution in [0.1, 0.15) is 85.5 Å². The van der Waals surface area contributed by atoms with Gasteiger partial charge in [-0.15, -0.1) is 0 Å². The Kier molecular flexibility index (Phi) is 6.98. The lowest BCUT2D eigenvalue weighted by Gasteiger charge is -2.28. The van der Waals surface area contributed by atoms with Crippen molar-refractivity contribution in [3.05, 3.63) is 52.8 Å². The van der Waals surface area contributed by atoms with Crippen molar-refractivity contribution in [2.45, 2.75) is 72.3 Å². The highest BCUT2D eigenvalue weighted by molar-refractivity contribution is 6.06. The predicted octanol–water partition coefficient (Wildman–Crippen LogP) is 4.66. The number of ketones is 1. The maximum absolute atomic E-state index is 13.2. The zero-order chi connectivity index (χ0) is 22.6. The Morgan fingerprint density at radius 1 is 1.13 bits per heavy atom. The number of para-hydroxylation sites is 1. The molecule has 6 nitrogen and oxygen atoms in total. The highest BCUT2D eigenvalue weighted by atomic mass is 16.2. The maximum Gasteiger partial charge on any atom is 0.268 e. The maximum atomic E-state index is 13.2. The first kappa shape index (κ1) is 22.8. The Morgan fingerprint density at radius 2 is 1.84 bits per heavy atom. The summed E-state index contributed by atoms with van der Waals surface area (Å²) < 4.78 is 0. The van der Waals surface area contributed by atoms with Crippen LogP contribution in [0, 0.1) is 5.41 Å². The van der Waals surface area contributed by atoms with Crippen molar-refractivity contribution in [1.29, 1.82) is 0 Å². The molecule has 1 aliphatic carbocycles. The van der Waals surface area contributed by atoms with E-state index < -0.39 is 6.04 Å². The van der Waals surface area contributed by atoms with Gasteiger partial charge in [-0.3, -0.25) is 14.4 Å². The van der Waals surface area contributed by atoms with Gasteiger partial charge in [-0.05, 0) is 42.4 Å². The molecule has 0 bridgehead atoms. The summed E-state index contributed by atoms with van der Waals surface area (Å²) in [5, 5.41) is 5.80. The summed E-state index contributed by atoms with van der Waals surface area (Å²) in [6, 6.07) is 8.57. The number of carbonyl (C=O) groups excluding carboxylic acids is 3. The number of benzene rings is 1. The number of unbranched alkanes of at least 4 members (excludes halogenated alkanes) is 1. The molecule has 166 valence electrons. The van der Waals surface area contributed by atoms with Crippen molar-refractivity contribution in [2.24, 2.45) is 5.41 Å². The molecule has 3 rings (SSSR count). The topological polar surface area (TPSA) is 91.1 Å². The third kappa shape index (κ3) is 5.24. The average molecular weight is 424 g/mol. The molecular formula is C25H33N3O3. The van der Waals surface area contributed by atoms with Gasteiger partial charge in [0.15, 0.2) is 5.78 Å². The smallest absolute Gasteiger partial charge is 0.268 e. The van der Waals surface area contributed by atoms with E-state index in [0.29, 0.717) is 36.2 Å². The molecule has 0 saturated carbocycles. The summed E-state index contributed by atoms with van der Waals surface area (Å²) in [5.41, 5.74) is 3.24. The number of amides is 2. The van der Waals surface area contributed by atoms with E-state index in [0.717, 1.165) is 30.5 Å². The van der Waals surface area contributed by atoms with Gasteiger partial charge in [0.1, 0.15) is 11.7 Å². The van der Waals surface area contributed by atoms with Gasteiger partial charge in [0.2, 0.25) is 5.91 Å². The zero-order valence-corrected chi connectivity index (χ0v) is 18.9. The third-order valence-corrected chi connectivity index (χ3v) is 5.84. The van der Waals surface area contributed by atoms with Gasteiger partial charge < -0.3 is 15.6 Å². The quantitative estimate of drug-likeness (QED) is 0.577. The summed E-state index contributed by atoms with van der Waals surface area (Å²) in [4.78, 5) is 42.1. The fourth-order valence-electron chi connectivity index (χ4n) is 4.33. The number of hydrogen-bond acceptors (Lipinski definition) is 3. The first-order chi connectivity index (χ1) is 14.8. The van der Waals surface area contributed by atoms with Crippen molar-refractivity contribution in [3.8, 4) is 0 Å². The van der Waals surface area contributed by atoms with Crippen LogP contribution in [0.25, 0.3) is 0 Å². The third-order valence-electron chi connectivity index (χ3n) is 5.84. The normalized spacial score (nSPS) is 15.8. The molecule has 2 aromatic rings. The molecule has 1 atom stereocenters. The van der Waals surface area contributed by atoms with Gasteiger partial charge in [0.25, 0.3) is 5.91 Å². The Hall–Kier alpha value is -2.89. The molecule has 3 N–H and O–H groups in total. The first-order valence-corrected chi connectivity index (χ1v) is 11.2. The van der Waals surface area contributed by atoms with E-state index in [1.54, 1.807) is 0 Å². The number of anilines is 1. The van der Waals surface area contributed by atoms with E-state index in [-0.39, 0.29) is 23.0 Å². The number of rotatable bonds is 8. The molecule has 1 heterocycles. The fourth-order valence-corrected chi connectivity index (χ4v) is 4.33. The first-order valence-electron chi connectivity index (χ1n) is 11.2. The largest absolute Gasteiger partial charge is 0.354 e. The number of hydrogen-bond donors (Lipinski definition) is 3. The van der Waals surface area contributed by atoms with Gasteiger partial charge in [0.05, 0.1) is 0 Å². The second-order valence-corrected chi connectivity index (χ2v) is 9.15. The van der Waals surface area contributed by atoms with E-state index in [9.17, 15) is 14.4 Å². The SMILES string of the molecule is CCCC[C@H](NC(=O)c1[nH]c2c(c1CC)C(=O)CC(C)(C)C2)C(=O)Nc1ccccc1. The standard InChI is InChI=1S/C25H33N3O3/c1-5-7-13-18(23(30)26-16-11-9-8-10-12-16)28-24(31)22-17(6-2)21-19(27-22)14-25(3,4)15-20(21)29/h8-12,18,27H,5-7,13-15H2,1-4H3,(H,26,30)(H,28,31)/t18-/m0/s1. The van der Waals surface area contributed by atoms with Crippen LogP contribution in [0.15, 0.2) is 30.3 Å². The number of fused-ring (bicyclic) bond motifs is 1. The molecule has 1 aromatic heterocycles. The molecular weight excluding hydrogens is 390 g/mol. The number of Topliss-reactive ketones (excluding diaryl/α,β-unsaturated/α-hetero) is 1. The summed E-state index contributed by atoms with van der Waals surface area (Å²) >= 11 is 0. The van der Waals surface area contributed by atoms with Gasteiger partial charge >= 0.3 is 0 Å². The summed E-state index contributed by atoms with van der Waals surface area (Å²) in [5.74, 6) is -0.483.